The van der Waals surface area contributed by atoms with Crippen molar-refractivity contribution in [3.05, 3.63) is 24.3 Å². The summed E-state index contributed by atoms with van der Waals surface area (Å²) < 4.78 is 5.49. The van der Waals surface area contributed by atoms with Gasteiger partial charge in [-0.15, -0.1) is 0 Å². The van der Waals surface area contributed by atoms with Crippen molar-refractivity contribution in [2.24, 2.45) is 0 Å². The maximum atomic E-state index is 12.5. The third kappa shape index (κ3) is 55.5. The molecule has 69 heavy (non-hydrogen) atoms. The minimum atomic E-state index is -0.665. The van der Waals surface area contributed by atoms with E-state index in [2.05, 4.69) is 43.5 Å². The average Bonchev–Trinajstić information content (AvgIpc) is 3.35. The van der Waals surface area contributed by atoms with Gasteiger partial charge in [0.1, 0.15) is 0 Å². The fraction of sp³-hybridized carbons (Fsp3) is 0.905. The Hall–Kier alpha value is -1.66. The maximum absolute atomic E-state index is 12.5. The topological polar surface area (TPSA) is 95.9 Å². The van der Waals surface area contributed by atoms with Crippen LogP contribution in [0.15, 0.2) is 24.3 Å². The first-order valence-corrected chi connectivity index (χ1v) is 31.1. The lowest BCUT2D eigenvalue weighted by molar-refractivity contribution is -0.143. The summed E-state index contributed by atoms with van der Waals surface area (Å²) in [6.07, 6.45) is 71.8. The van der Waals surface area contributed by atoms with Gasteiger partial charge in [-0.25, -0.2) is 0 Å². The number of carbonyl (C=O) groups excluding carboxylic acids is 2. The van der Waals surface area contributed by atoms with Gasteiger partial charge in [-0.2, -0.15) is 0 Å². The molecule has 0 fully saturated rings. The molecule has 6 nitrogen and oxygen atoms in total. The smallest absolute Gasteiger partial charge is 0.305 e. The molecular formula is C63H121NO5. The van der Waals surface area contributed by atoms with Gasteiger partial charge in [0.2, 0.25) is 5.91 Å². The van der Waals surface area contributed by atoms with Crippen LogP contribution in [0.4, 0.5) is 0 Å². The number of esters is 1. The van der Waals surface area contributed by atoms with E-state index in [-0.39, 0.29) is 18.5 Å². The van der Waals surface area contributed by atoms with Gasteiger partial charge >= 0.3 is 5.97 Å². The van der Waals surface area contributed by atoms with E-state index in [1.165, 1.54) is 257 Å². The minimum absolute atomic E-state index is 0.00336. The van der Waals surface area contributed by atoms with E-state index < -0.39 is 12.1 Å². The second-order valence-corrected chi connectivity index (χ2v) is 21.4. The zero-order valence-corrected chi connectivity index (χ0v) is 46.6. The number of hydrogen-bond acceptors (Lipinski definition) is 5. The van der Waals surface area contributed by atoms with Crippen LogP contribution in [0.1, 0.15) is 341 Å². The SMILES string of the molecule is CCCCC/C=C\C/C=C\CCCCCCCCCC(=O)OCCCCCCCCCCCCCCCCCCCCCCC(=O)NC(CO)C(O)CCCCCCCCCCCCCCCCC. The summed E-state index contributed by atoms with van der Waals surface area (Å²) in [5.74, 6) is -0.0316. The Labute approximate surface area is 431 Å². The largest absolute Gasteiger partial charge is 0.466 e. The van der Waals surface area contributed by atoms with Gasteiger partial charge in [0.05, 0.1) is 25.4 Å². The van der Waals surface area contributed by atoms with Gasteiger partial charge in [-0.3, -0.25) is 9.59 Å². The fourth-order valence-corrected chi connectivity index (χ4v) is 9.73. The molecule has 0 radical (unpaired) electrons. The average molecular weight is 973 g/mol. The standard InChI is InChI=1S/C63H121NO5/c1-3-5-7-9-11-13-15-17-19-24-29-33-37-41-45-49-53-57-63(68)69-58-54-50-46-42-38-34-30-26-23-21-20-22-25-28-32-36-40-44-48-52-56-62(67)64-60(59-65)61(66)55-51-47-43-39-35-31-27-18-16-14-12-10-8-6-4-2/h11,13,17,19,60-61,65-66H,3-10,12,14-16,18,20-59H2,1-2H3,(H,64,67)/b13-11-,19-17-. The quantitative estimate of drug-likeness (QED) is 0.0321. The van der Waals surface area contributed by atoms with Crippen LogP contribution in [0.3, 0.4) is 0 Å². The van der Waals surface area contributed by atoms with Crippen LogP contribution in [-0.2, 0) is 14.3 Å². The maximum Gasteiger partial charge on any atom is 0.305 e. The number of aliphatic hydroxyl groups is 2. The van der Waals surface area contributed by atoms with E-state index in [9.17, 15) is 19.8 Å². The van der Waals surface area contributed by atoms with Crippen LogP contribution in [0.2, 0.25) is 0 Å². The zero-order valence-electron chi connectivity index (χ0n) is 46.6. The highest BCUT2D eigenvalue weighted by Gasteiger charge is 2.20. The van der Waals surface area contributed by atoms with E-state index in [4.69, 9.17) is 4.74 Å². The number of rotatable bonds is 58. The summed E-state index contributed by atoms with van der Waals surface area (Å²) in [6, 6.07) is -0.543. The molecular weight excluding hydrogens is 851 g/mol. The summed E-state index contributed by atoms with van der Waals surface area (Å²) in [4.78, 5) is 24.6. The van der Waals surface area contributed by atoms with Crippen molar-refractivity contribution >= 4 is 11.9 Å². The summed E-state index contributed by atoms with van der Waals surface area (Å²) in [6.45, 7) is 4.94. The van der Waals surface area contributed by atoms with E-state index in [0.717, 1.165) is 51.4 Å². The summed E-state index contributed by atoms with van der Waals surface area (Å²) in [5, 5.41) is 23.3. The molecule has 408 valence electrons. The highest BCUT2D eigenvalue weighted by atomic mass is 16.5. The van der Waals surface area contributed by atoms with E-state index in [0.29, 0.717) is 25.9 Å². The highest BCUT2D eigenvalue weighted by molar-refractivity contribution is 5.76. The summed E-state index contributed by atoms with van der Waals surface area (Å²) in [7, 11) is 0. The molecule has 1 amide bonds. The predicted octanol–water partition coefficient (Wildman–Crippen LogP) is 19.4. The number of ether oxygens (including phenoxy) is 1. The Morgan fingerprint density at radius 3 is 1.13 bits per heavy atom. The van der Waals surface area contributed by atoms with Crippen LogP contribution in [-0.4, -0.2) is 47.4 Å². The third-order valence-corrected chi connectivity index (χ3v) is 14.5. The molecule has 0 spiro atoms. The molecule has 0 bridgehead atoms. The molecule has 0 saturated heterocycles. The number of nitrogens with one attached hydrogen (secondary N) is 1. The van der Waals surface area contributed by atoms with Crippen molar-refractivity contribution in [2.45, 2.75) is 353 Å². The van der Waals surface area contributed by atoms with Gasteiger partial charge in [0.25, 0.3) is 0 Å². The van der Waals surface area contributed by atoms with Crippen LogP contribution < -0.4 is 5.32 Å². The lowest BCUT2D eigenvalue weighted by Gasteiger charge is -2.22. The van der Waals surface area contributed by atoms with Crippen molar-refractivity contribution in [3.63, 3.8) is 0 Å². The van der Waals surface area contributed by atoms with Gasteiger partial charge < -0.3 is 20.3 Å². The van der Waals surface area contributed by atoms with Gasteiger partial charge in [-0.05, 0) is 57.8 Å². The lowest BCUT2D eigenvalue weighted by atomic mass is 10.0. The number of aliphatic hydroxyl groups excluding tert-OH is 2. The van der Waals surface area contributed by atoms with Crippen LogP contribution in [0.5, 0.6) is 0 Å². The number of unbranched alkanes of at least 4 members (excludes halogenated alkanes) is 43. The molecule has 2 atom stereocenters. The molecule has 0 saturated carbocycles. The van der Waals surface area contributed by atoms with Gasteiger partial charge in [0, 0.05) is 12.8 Å². The lowest BCUT2D eigenvalue weighted by Crippen LogP contribution is -2.45. The molecule has 0 heterocycles. The molecule has 0 aliphatic rings. The Balaban J connectivity index is 3.38. The van der Waals surface area contributed by atoms with Crippen molar-refractivity contribution < 1.29 is 24.5 Å². The highest BCUT2D eigenvalue weighted by Crippen LogP contribution is 2.18. The summed E-state index contributed by atoms with van der Waals surface area (Å²) in [5.41, 5.74) is 0. The van der Waals surface area contributed by atoms with E-state index in [1.807, 2.05) is 0 Å². The van der Waals surface area contributed by atoms with Crippen LogP contribution in [0.25, 0.3) is 0 Å². The van der Waals surface area contributed by atoms with Crippen molar-refractivity contribution in [1.82, 2.24) is 5.32 Å². The number of allylic oxidation sites excluding steroid dienone is 4. The first-order valence-electron chi connectivity index (χ1n) is 31.1. The Morgan fingerprint density at radius 2 is 0.725 bits per heavy atom. The van der Waals surface area contributed by atoms with Crippen molar-refractivity contribution in [2.75, 3.05) is 13.2 Å². The summed E-state index contributed by atoms with van der Waals surface area (Å²) >= 11 is 0. The fourth-order valence-electron chi connectivity index (χ4n) is 9.73. The first kappa shape index (κ1) is 67.3. The predicted molar refractivity (Wildman–Crippen MR) is 301 cm³/mol. The molecule has 6 heteroatoms. The van der Waals surface area contributed by atoms with Crippen molar-refractivity contribution in [3.8, 4) is 0 Å². The molecule has 2 unspecified atom stereocenters. The molecule has 0 rings (SSSR count). The Kier molecular flexibility index (Phi) is 57.5. The van der Waals surface area contributed by atoms with Gasteiger partial charge in [-0.1, -0.05) is 295 Å². The minimum Gasteiger partial charge on any atom is -0.466 e. The van der Waals surface area contributed by atoms with E-state index >= 15 is 0 Å². The molecule has 0 aromatic rings. The molecule has 0 aliphatic heterocycles. The second kappa shape index (κ2) is 58.9. The van der Waals surface area contributed by atoms with Crippen molar-refractivity contribution in [1.29, 1.82) is 0 Å². The van der Waals surface area contributed by atoms with E-state index in [1.54, 1.807) is 0 Å². The molecule has 0 aromatic carbocycles. The Bertz CT molecular complexity index is 1080. The van der Waals surface area contributed by atoms with Gasteiger partial charge in [0.15, 0.2) is 0 Å². The normalized spacial score (nSPS) is 12.7. The number of carbonyl (C=O) groups is 2. The van der Waals surface area contributed by atoms with Crippen LogP contribution >= 0.6 is 0 Å². The van der Waals surface area contributed by atoms with Crippen LogP contribution in [0, 0.1) is 0 Å². The molecule has 0 aromatic heterocycles. The number of amides is 1. The monoisotopic (exact) mass is 972 g/mol. The Morgan fingerprint density at radius 1 is 0.406 bits per heavy atom. The zero-order chi connectivity index (χ0) is 50.0. The number of hydrogen-bond donors (Lipinski definition) is 3. The third-order valence-electron chi connectivity index (χ3n) is 14.5. The molecule has 0 aliphatic carbocycles. The second-order valence-electron chi connectivity index (χ2n) is 21.4. The first-order chi connectivity index (χ1) is 34.0. The molecule has 3 N–H and O–H groups in total.